The van der Waals surface area contributed by atoms with Gasteiger partial charge in [0.1, 0.15) is 12.0 Å². The molecular weight excluding hydrogens is 231 g/mol. The smallest absolute Gasteiger partial charge is 0.181 e. The molecule has 1 aromatic heterocycles. The van der Waals surface area contributed by atoms with Gasteiger partial charge in [-0.1, -0.05) is 24.3 Å². The first-order chi connectivity index (χ1) is 8.76. The van der Waals surface area contributed by atoms with Crippen molar-refractivity contribution in [2.24, 2.45) is 5.73 Å². The molecule has 0 aliphatic carbocycles. The molecule has 94 valence electrons. The third-order valence-corrected chi connectivity index (χ3v) is 3.25. The quantitative estimate of drug-likeness (QED) is 0.877. The summed E-state index contributed by atoms with van der Waals surface area (Å²) in [4.78, 5) is 4.46. The average Bonchev–Trinajstić information content (AvgIpc) is 2.81. The number of hydrogen-bond acceptors (Lipinski definition) is 3. The van der Waals surface area contributed by atoms with Crippen molar-refractivity contribution in [2.45, 2.75) is 32.1 Å². The molecule has 1 aromatic carbocycles. The van der Waals surface area contributed by atoms with Crippen LogP contribution in [0.25, 0.3) is 11.4 Å². The Kier molecular flexibility index (Phi) is 2.83. The van der Waals surface area contributed by atoms with Crippen LogP contribution in [-0.2, 0) is 19.5 Å². The molecule has 4 nitrogen and oxygen atoms in total. The molecule has 0 amide bonds. The van der Waals surface area contributed by atoms with Gasteiger partial charge in [-0.3, -0.25) is 0 Å². The summed E-state index contributed by atoms with van der Waals surface area (Å²) >= 11 is 0. The maximum Gasteiger partial charge on any atom is 0.181 e. The van der Waals surface area contributed by atoms with Crippen LogP contribution < -0.4 is 5.73 Å². The fourth-order valence-corrected chi connectivity index (χ4v) is 2.18. The molecule has 1 unspecified atom stereocenters. The average molecular weight is 246 g/mol. The molecule has 0 saturated heterocycles. The van der Waals surface area contributed by atoms with Gasteiger partial charge < -0.3 is 5.73 Å². The molecule has 1 aliphatic heterocycles. The molecule has 3 rings (SSSR count). The number of benzene rings is 1. The van der Waals surface area contributed by atoms with Gasteiger partial charge in [-0.15, -0.1) is 0 Å². The predicted molar refractivity (Wildman–Crippen MR) is 66.6 cm³/mol. The van der Waals surface area contributed by atoms with Gasteiger partial charge in [-0.25, -0.2) is 14.1 Å². The minimum absolute atomic E-state index is 0.323. The monoisotopic (exact) mass is 246 g/mol. The van der Waals surface area contributed by atoms with Gasteiger partial charge in [-0.05, 0) is 12.0 Å². The van der Waals surface area contributed by atoms with Gasteiger partial charge in [0, 0.05) is 18.5 Å². The zero-order valence-electron chi connectivity index (χ0n) is 10.0. The second kappa shape index (κ2) is 4.49. The molecule has 18 heavy (non-hydrogen) atoms. The molecule has 0 spiro atoms. The van der Waals surface area contributed by atoms with Crippen molar-refractivity contribution in [2.75, 3.05) is 0 Å². The Labute approximate surface area is 105 Å². The van der Waals surface area contributed by atoms with Crippen molar-refractivity contribution in [1.29, 1.82) is 0 Å². The summed E-state index contributed by atoms with van der Waals surface area (Å²) in [5.74, 6) is 1.55. The van der Waals surface area contributed by atoms with Gasteiger partial charge in [0.2, 0.25) is 0 Å². The van der Waals surface area contributed by atoms with Crippen LogP contribution in [0.3, 0.4) is 0 Å². The van der Waals surface area contributed by atoms with Crippen LogP contribution in [0.4, 0.5) is 4.39 Å². The number of halogens is 1. The maximum atomic E-state index is 13.3. The van der Waals surface area contributed by atoms with Crippen LogP contribution in [-0.4, -0.2) is 20.9 Å². The lowest BCUT2D eigenvalue weighted by atomic mass is 10.1. The van der Waals surface area contributed by atoms with Crippen molar-refractivity contribution in [1.82, 2.24) is 14.8 Å². The largest absolute Gasteiger partial charge is 0.326 e. The zero-order valence-corrected chi connectivity index (χ0v) is 10.0. The maximum absolute atomic E-state index is 13.3. The Morgan fingerprint density at radius 3 is 2.83 bits per heavy atom. The van der Waals surface area contributed by atoms with E-state index < -0.39 is 6.17 Å². The normalized spacial score (nSPS) is 18.7. The van der Waals surface area contributed by atoms with E-state index in [-0.39, 0.29) is 0 Å². The Bertz CT molecular complexity index is 547. The summed E-state index contributed by atoms with van der Waals surface area (Å²) in [6.45, 7) is 0.847. The van der Waals surface area contributed by atoms with Crippen molar-refractivity contribution >= 4 is 0 Å². The third-order valence-electron chi connectivity index (χ3n) is 3.25. The minimum atomic E-state index is -0.799. The van der Waals surface area contributed by atoms with Crippen LogP contribution in [0, 0.1) is 0 Å². The van der Waals surface area contributed by atoms with Gasteiger partial charge >= 0.3 is 0 Å². The first-order valence-electron chi connectivity index (χ1n) is 6.13. The fraction of sp³-hybridized carbons (Fsp3) is 0.385. The Morgan fingerprint density at radius 2 is 2.11 bits per heavy atom. The van der Waals surface area contributed by atoms with Gasteiger partial charge in [0.15, 0.2) is 5.82 Å². The summed E-state index contributed by atoms with van der Waals surface area (Å²) in [6.07, 6.45) is 0.408. The Hall–Kier alpha value is -1.75. The SMILES string of the molecule is NCc1ccc(-c2nc3n(n2)CC(F)CC3)cc1. The minimum Gasteiger partial charge on any atom is -0.326 e. The number of aryl methyl sites for hydroxylation is 1. The second-order valence-electron chi connectivity index (χ2n) is 4.57. The highest BCUT2D eigenvalue weighted by molar-refractivity contribution is 5.55. The molecule has 0 fully saturated rings. The van der Waals surface area contributed by atoms with Crippen LogP contribution in [0.5, 0.6) is 0 Å². The number of hydrogen-bond donors (Lipinski definition) is 1. The van der Waals surface area contributed by atoms with E-state index in [1.54, 1.807) is 4.68 Å². The zero-order chi connectivity index (χ0) is 12.5. The number of nitrogens with two attached hydrogens (primary N) is 1. The number of rotatable bonds is 2. The summed E-state index contributed by atoms with van der Waals surface area (Å²) < 4.78 is 15.0. The van der Waals surface area contributed by atoms with E-state index >= 15 is 0 Å². The third kappa shape index (κ3) is 2.01. The fourth-order valence-electron chi connectivity index (χ4n) is 2.18. The highest BCUT2D eigenvalue weighted by Gasteiger charge is 2.21. The topological polar surface area (TPSA) is 56.7 Å². The molecule has 0 bridgehead atoms. The summed E-state index contributed by atoms with van der Waals surface area (Å²) in [5.41, 5.74) is 7.58. The van der Waals surface area contributed by atoms with Crippen LogP contribution >= 0.6 is 0 Å². The molecule has 1 atom stereocenters. The Balaban J connectivity index is 1.92. The van der Waals surface area contributed by atoms with Crippen LogP contribution in [0.1, 0.15) is 17.8 Å². The van der Waals surface area contributed by atoms with E-state index in [0.29, 0.717) is 31.8 Å². The number of nitrogens with zero attached hydrogens (tertiary/aromatic N) is 3. The lowest BCUT2D eigenvalue weighted by Crippen LogP contribution is -2.21. The molecular formula is C13H15FN4. The standard InChI is InChI=1S/C13H15FN4/c14-11-5-6-12-16-13(17-18(12)8-11)10-3-1-9(7-15)2-4-10/h1-4,11H,5-8,15H2. The van der Waals surface area contributed by atoms with E-state index in [0.717, 1.165) is 17.0 Å². The van der Waals surface area contributed by atoms with Crippen LogP contribution in [0.15, 0.2) is 24.3 Å². The van der Waals surface area contributed by atoms with Crippen LogP contribution in [0.2, 0.25) is 0 Å². The molecule has 5 heteroatoms. The summed E-state index contributed by atoms with van der Waals surface area (Å²) in [7, 11) is 0. The van der Waals surface area contributed by atoms with E-state index in [4.69, 9.17) is 5.73 Å². The molecule has 2 heterocycles. The number of fused-ring (bicyclic) bond motifs is 1. The van der Waals surface area contributed by atoms with Gasteiger partial charge in [0.25, 0.3) is 0 Å². The van der Waals surface area contributed by atoms with Gasteiger partial charge in [-0.2, -0.15) is 5.10 Å². The lowest BCUT2D eigenvalue weighted by Gasteiger charge is -2.14. The number of aromatic nitrogens is 3. The van der Waals surface area contributed by atoms with Crippen molar-refractivity contribution in [3.05, 3.63) is 35.7 Å². The molecule has 2 N–H and O–H groups in total. The molecule has 0 radical (unpaired) electrons. The summed E-state index contributed by atoms with van der Waals surface area (Å²) in [5, 5.41) is 4.36. The highest BCUT2D eigenvalue weighted by Crippen LogP contribution is 2.21. The molecule has 0 saturated carbocycles. The lowest BCUT2D eigenvalue weighted by molar-refractivity contribution is 0.242. The predicted octanol–water partition coefficient (Wildman–Crippen LogP) is 1.69. The summed E-state index contributed by atoms with van der Waals surface area (Å²) in [6, 6.07) is 7.84. The first-order valence-corrected chi connectivity index (χ1v) is 6.13. The van der Waals surface area contributed by atoms with E-state index in [1.165, 1.54) is 0 Å². The van der Waals surface area contributed by atoms with Crippen molar-refractivity contribution in [3.8, 4) is 11.4 Å². The molecule has 2 aromatic rings. The highest BCUT2D eigenvalue weighted by atomic mass is 19.1. The Morgan fingerprint density at radius 1 is 1.33 bits per heavy atom. The van der Waals surface area contributed by atoms with E-state index in [2.05, 4.69) is 10.1 Å². The second-order valence-corrected chi connectivity index (χ2v) is 4.57. The van der Waals surface area contributed by atoms with Gasteiger partial charge in [0.05, 0.1) is 6.54 Å². The van der Waals surface area contributed by atoms with E-state index in [1.807, 2.05) is 24.3 Å². The molecule has 1 aliphatic rings. The van der Waals surface area contributed by atoms with E-state index in [9.17, 15) is 4.39 Å². The van der Waals surface area contributed by atoms with Crippen molar-refractivity contribution in [3.63, 3.8) is 0 Å². The number of alkyl halides is 1. The first kappa shape index (κ1) is 11.3. The van der Waals surface area contributed by atoms with Crippen molar-refractivity contribution < 1.29 is 4.39 Å².